The summed E-state index contributed by atoms with van der Waals surface area (Å²) in [5, 5.41) is 13.3. The summed E-state index contributed by atoms with van der Waals surface area (Å²) in [4.78, 5) is 0. The molecule has 7 rings (SSSR count). The second-order valence-electron chi connectivity index (χ2n) is 13.4. The first kappa shape index (κ1) is 29.8. The summed E-state index contributed by atoms with van der Waals surface area (Å²) in [6, 6.07) is 32.2. The number of furan rings is 1. The lowest BCUT2D eigenvalue weighted by molar-refractivity contribution is 0.607. The lowest BCUT2D eigenvalue weighted by atomic mass is 9.90. The number of aryl methyl sites for hydroxylation is 2. The highest BCUT2D eigenvalue weighted by atomic mass is 16.3. The fraction of sp³-hybridized carbons (Fsp3) is 0.364. The normalized spacial score (nSPS) is 12.1. The fourth-order valence-electron chi connectivity index (χ4n) is 7.71. The van der Waals surface area contributed by atoms with Crippen LogP contribution in [-0.4, -0.2) is 0 Å². The molecule has 0 radical (unpaired) electrons. The molecule has 6 aromatic carbocycles. The topological polar surface area (TPSA) is 13.1 Å². The first-order chi connectivity index (χ1) is 22.2. The predicted molar refractivity (Wildman–Crippen MR) is 198 cm³/mol. The number of benzene rings is 6. The quantitative estimate of drug-likeness (QED) is 0.0904. The molecule has 45 heavy (non-hydrogen) atoms. The third kappa shape index (κ3) is 6.07. The van der Waals surface area contributed by atoms with E-state index in [2.05, 4.69) is 98.8 Å². The molecule has 0 fully saturated rings. The van der Waals surface area contributed by atoms with Gasteiger partial charge in [0.1, 0.15) is 11.2 Å². The van der Waals surface area contributed by atoms with Crippen molar-refractivity contribution in [1.82, 2.24) is 0 Å². The first-order valence-electron chi connectivity index (χ1n) is 17.9. The number of rotatable bonds is 14. The standard InChI is InChI=1S/C44H48O/c1-3-5-7-9-11-13-23-35-29-41-43(39-27-33-21-17-15-19-31(33)25-37(35)39)44-40-28-34-22-18-16-20-32(34)26-38(40)36(30-42(44)45-41)24-14-12-10-8-6-4-2/h15-22,25-30H,3-14,23-24H2,1-2H3. The molecule has 1 nitrogen and oxygen atoms in total. The van der Waals surface area contributed by atoms with Crippen molar-refractivity contribution in [3.8, 4) is 0 Å². The Morgan fingerprint density at radius 2 is 0.756 bits per heavy atom. The van der Waals surface area contributed by atoms with Crippen LogP contribution in [0.3, 0.4) is 0 Å². The Kier molecular flexibility index (Phi) is 9.06. The van der Waals surface area contributed by atoms with E-state index in [4.69, 9.17) is 4.42 Å². The molecule has 0 unspecified atom stereocenters. The Labute approximate surface area is 268 Å². The van der Waals surface area contributed by atoms with Crippen LogP contribution in [0.4, 0.5) is 0 Å². The third-order valence-corrected chi connectivity index (χ3v) is 10.2. The number of fused-ring (bicyclic) bond motifs is 9. The average Bonchev–Trinajstić information content (AvgIpc) is 3.44. The molecule has 0 saturated carbocycles. The van der Waals surface area contributed by atoms with E-state index in [9.17, 15) is 0 Å². The van der Waals surface area contributed by atoms with Gasteiger partial charge in [-0.25, -0.2) is 0 Å². The smallest absolute Gasteiger partial charge is 0.136 e. The molecular weight excluding hydrogens is 544 g/mol. The van der Waals surface area contributed by atoms with Crippen LogP contribution in [-0.2, 0) is 12.8 Å². The van der Waals surface area contributed by atoms with E-state index in [0.717, 1.165) is 24.0 Å². The molecule has 1 heterocycles. The summed E-state index contributed by atoms with van der Waals surface area (Å²) in [6.07, 6.45) is 17.9. The lowest BCUT2D eigenvalue weighted by Crippen LogP contribution is -1.91. The van der Waals surface area contributed by atoms with Gasteiger partial charge in [-0.15, -0.1) is 0 Å². The van der Waals surface area contributed by atoms with Crippen LogP contribution >= 0.6 is 0 Å². The van der Waals surface area contributed by atoms with Gasteiger partial charge >= 0.3 is 0 Å². The number of hydrogen-bond donors (Lipinski definition) is 0. The van der Waals surface area contributed by atoms with Crippen LogP contribution in [0.5, 0.6) is 0 Å². The van der Waals surface area contributed by atoms with Crippen LogP contribution < -0.4 is 0 Å². The Hall–Kier alpha value is -3.84. The van der Waals surface area contributed by atoms with Crippen molar-refractivity contribution < 1.29 is 4.42 Å². The predicted octanol–water partition coefficient (Wildman–Crippen LogP) is 14.0. The molecule has 1 heteroatoms. The molecule has 0 aliphatic heterocycles. The van der Waals surface area contributed by atoms with Gasteiger partial charge in [0.15, 0.2) is 0 Å². The molecule has 0 bridgehead atoms. The summed E-state index contributed by atoms with van der Waals surface area (Å²) in [6.45, 7) is 4.59. The van der Waals surface area contributed by atoms with Crippen molar-refractivity contribution in [1.29, 1.82) is 0 Å². The van der Waals surface area contributed by atoms with Crippen molar-refractivity contribution in [3.05, 3.63) is 96.1 Å². The minimum absolute atomic E-state index is 1.04. The van der Waals surface area contributed by atoms with Crippen LogP contribution in [0.15, 0.2) is 89.3 Å². The minimum Gasteiger partial charge on any atom is -0.456 e. The van der Waals surface area contributed by atoms with Crippen molar-refractivity contribution in [2.45, 2.75) is 104 Å². The fourth-order valence-corrected chi connectivity index (χ4v) is 7.71. The Morgan fingerprint density at radius 3 is 1.16 bits per heavy atom. The molecule has 230 valence electrons. The van der Waals surface area contributed by atoms with Gasteiger partial charge in [0.05, 0.1) is 0 Å². The average molecular weight is 593 g/mol. The molecule has 0 atom stereocenters. The lowest BCUT2D eigenvalue weighted by Gasteiger charge is -2.12. The zero-order valence-corrected chi connectivity index (χ0v) is 27.4. The summed E-state index contributed by atoms with van der Waals surface area (Å²) in [5.74, 6) is 0. The van der Waals surface area contributed by atoms with E-state index < -0.39 is 0 Å². The van der Waals surface area contributed by atoms with Crippen LogP contribution in [0.1, 0.15) is 102 Å². The first-order valence-corrected chi connectivity index (χ1v) is 17.9. The molecule has 0 N–H and O–H groups in total. The summed E-state index contributed by atoms with van der Waals surface area (Å²) in [5.41, 5.74) is 4.94. The van der Waals surface area contributed by atoms with E-state index in [1.807, 2.05) is 0 Å². The van der Waals surface area contributed by atoms with Gasteiger partial charge in [-0.05, 0) is 116 Å². The van der Waals surface area contributed by atoms with Crippen molar-refractivity contribution in [2.24, 2.45) is 0 Å². The van der Waals surface area contributed by atoms with Gasteiger partial charge in [-0.3, -0.25) is 0 Å². The zero-order valence-electron chi connectivity index (χ0n) is 27.4. The highest BCUT2D eigenvalue weighted by molar-refractivity contribution is 6.29. The van der Waals surface area contributed by atoms with E-state index >= 15 is 0 Å². The summed E-state index contributed by atoms with van der Waals surface area (Å²) < 4.78 is 6.89. The molecule has 0 aliphatic carbocycles. The summed E-state index contributed by atoms with van der Waals surface area (Å²) >= 11 is 0. The molecule has 0 aliphatic rings. The Balaban J connectivity index is 1.41. The number of unbranched alkanes of at least 4 members (excludes halogenated alkanes) is 10. The van der Waals surface area contributed by atoms with E-state index in [-0.39, 0.29) is 0 Å². The van der Waals surface area contributed by atoms with Crippen LogP contribution in [0, 0.1) is 0 Å². The molecule has 1 aromatic heterocycles. The monoisotopic (exact) mass is 592 g/mol. The Bertz CT molecular complexity index is 1940. The molecular formula is C44H48O. The highest BCUT2D eigenvalue weighted by Gasteiger charge is 2.19. The van der Waals surface area contributed by atoms with E-state index in [1.165, 1.54) is 142 Å². The van der Waals surface area contributed by atoms with Gasteiger partial charge in [0.2, 0.25) is 0 Å². The van der Waals surface area contributed by atoms with Gasteiger partial charge in [-0.1, -0.05) is 127 Å². The molecule has 0 saturated heterocycles. The maximum atomic E-state index is 6.89. The summed E-state index contributed by atoms with van der Waals surface area (Å²) in [7, 11) is 0. The minimum atomic E-state index is 1.04. The third-order valence-electron chi connectivity index (χ3n) is 10.2. The zero-order chi connectivity index (χ0) is 30.6. The second-order valence-corrected chi connectivity index (χ2v) is 13.4. The van der Waals surface area contributed by atoms with E-state index in [0.29, 0.717) is 0 Å². The Morgan fingerprint density at radius 1 is 0.400 bits per heavy atom. The van der Waals surface area contributed by atoms with Crippen molar-refractivity contribution in [3.63, 3.8) is 0 Å². The van der Waals surface area contributed by atoms with Gasteiger partial charge < -0.3 is 4.42 Å². The largest absolute Gasteiger partial charge is 0.456 e. The maximum absolute atomic E-state index is 6.89. The SMILES string of the molecule is CCCCCCCCc1cc2oc3cc(CCCCCCCC)c4cc5ccccc5cc4c3c2c2cc3ccccc3cc12. The van der Waals surface area contributed by atoms with Crippen molar-refractivity contribution >= 4 is 65.0 Å². The molecule has 7 aromatic rings. The second kappa shape index (κ2) is 13.7. The van der Waals surface area contributed by atoms with Crippen LogP contribution in [0.25, 0.3) is 65.0 Å². The van der Waals surface area contributed by atoms with Gasteiger partial charge in [0.25, 0.3) is 0 Å². The molecule has 0 amide bonds. The van der Waals surface area contributed by atoms with Gasteiger partial charge in [0, 0.05) is 10.8 Å². The molecule has 0 spiro atoms. The highest BCUT2D eigenvalue weighted by Crippen LogP contribution is 2.43. The van der Waals surface area contributed by atoms with Gasteiger partial charge in [-0.2, -0.15) is 0 Å². The van der Waals surface area contributed by atoms with Crippen molar-refractivity contribution in [2.75, 3.05) is 0 Å². The van der Waals surface area contributed by atoms with Crippen LogP contribution in [0.2, 0.25) is 0 Å². The maximum Gasteiger partial charge on any atom is 0.136 e. The number of hydrogen-bond acceptors (Lipinski definition) is 1. The van der Waals surface area contributed by atoms with E-state index in [1.54, 1.807) is 0 Å².